The second-order valence-corrected chi connectivity index (χ2v) is 4.51. The molecule has 1 unspecified atom stereocenters. The van der Waals surface area contributed by atoms with Gasteiger partial charge < -0.3 is 5.11 Å². The molecule has 1 aliphatic heterocycles. The van der Waals surface area contributed by atoms with Gasteiger partial charge in [0.1, 0.15) is 0 Å². The van der Waals surface area contributed by atoms with Crippen LogP contribution < -0.4 is 0 Å². The van der Waals surface area contributed by atoms with Gasteiger partial charge in [0.05, 0.1) is 6.10 Å². The molecular weight excluding hydrogens is 186 g/mol. The summed E-state index contributed by atoms with van der Waals surface area (Å²) in [7, 11) is 0. The average Bonchev–Trinajstić information content (AvgIpc) is 2.68. The summed E-state index contributed by atoms with van der Waals surface area (Å²) in [4.78, 5) is 2.42. The Bertz CT molecular complexity index is 297. The van der Waals surface area contributed by atoms with Gasteiger partial charge in [0, 0.05) is 13.1 Å². The molecule has 1 N–H and O–H groups in total. The molecule has 2 rings (SSSR count). The smallest absolute Gasteiger partial charge is 0.0552 e. The minimum atomic E-state index is -0.161. The van der Waals surface area contributed by atoms with Crippen molar-refractivity contribution in [2.24, 2.45) is 5.92 Å². The third kappa shape index (κ3) is 2.80. The zero-order chi connectivity index (χ0) is 10.7. The summed E-state index contributed by atoms with van der Waals surface area (Å²) < 4.78 is 0. The number of aliphatic hydroxyl groups excluding tert-OH is 1. The lowest BCUT2D eigenvalue weighted by atomic mass is 10.0. The summed E-state index contributed by atoms with van der Waals surface area (Å²) in [5.74, 6) is 0.466. The van der Waals surface area contributed by atoms with Gasteiger partial charge in [-0.05, 0) is 31.4 Å². The van der Waals surface area contributed by atoms with Crippen LogP contribution in [0.5, 0.6) is 0 Å². The Labute approximate surface area is 91.5 Å². The topological polar surface area (TPSA) is 23.5 Å². The zero-order valence-electron chi connectivity index (χ0n) is 9.26. The number of benzene rings is 1. The van der Waals surface area contributed by atoms with Crippen LogP contribution in [0, 0.1) is 5.92 Å². The number of aliphatic hydroxyl groups is 1. The standard InChI is InChI=1S/C13H19NO/c1-11(15)13-7-8-14(10-13)9-12-5-3-2-4-6-12/h2-6,11,13,15H,7-10H2,1H3/t11?,13-/m0/s1. The van der Waals surface area contributed by atoms with E-state index in [1.54, 1.807) is 0 Å². The Morgan fingerprint density at radius 2 is 2.13 bits per heavy atom. The van der Waals surface area contributed by atoms with E-state index in [-0.39, 0.29) is 6.10 Å². The molecule has 1 fully saturated rings. The molecule has 1 aromatic rings. The Kier molecular flexibility index (Phi) is 3.39. The van der Waals surface area contributed by atoms with Crippen molar-refractivity contribution >= 4 is 0 Å². The van der Waals surface area contributed by atoms with Crippen LogP contribution in [0.25, 0.3) is 0 Å². The van der Waals surface area contributed by atoms with Gasteiger partial charge in [-0.15, -0.1) is 0 Å². The number of hydrogen-bond donors (Lipinski definition) is 1. The second-order valence-electron chi connectivity index (χ2n) is 4.51. The summed E-state index contributed by atoms with van der Waals surface area (Å²) in [6.07, 6.45) is 0.968. The van der Waals surface area contributed by atoms with Gasteiger partial charge in [-0.3, -0.25) is 4.90 Å². The van der Waals surface area contributed by atoms with Gasteiger partial charge in [0.2, 0.25) is 0 Å². The minimum Gasteiger partial charge on any atom is -0.393 e. The first-order valence-electron chi connectivity index (χ1n) is 5.70. The van der Waals surface area contributed by atoms with Crippen molar-refractivity contribution in [3.63, 3.8) is 0 Å². The van der Waals surface area contributed by atoms with Crippen molar-refractivity contribution in [2.45, 2.75) is 26.0 Å². The maximum Gasteiger partial charge on any atom is 0.0552 e. The fourth-order valence-electron chi connectivity index (χ4n) is 2.24. The molecule has 0 spiro atoms. The maximum atomic E-state index is 9.51. The molecule has 1 aromatic carbocycles. The summed E-state index contributed by atoms with van der Waals surface area (Å²) in [6, 6.07) is 10.5. The number of rotatable bonds is 3. The van der Waals surface area contributed by atoms with E-state index < -0.39 is 0 Å². The van der Waals surface area contributed by atoms with Gasteiger partial charge in [0.25, 0.3) is 0 Å². The van der Waals surface area contributed by atoms with Crippen molar-refractivity contribution < 1.29 is 5.11 Å². The predicted octanol–water partition coefficient (Wildman–Crippen LogP) is 1.89. The molecule has 0 aromatic heterocycles. The molecule has 1 heterocycles. The molecular formula is C13H19NO. The lowest BCUT2D eigenvalue weighted by molar-refractivity contribution is 0.127. The number of hydrogen-bond acceptors (Lipinski definition) is 2. The monoisotopic (exact) mass is 205 g/mol. The first-order valence-corrected chi connectivity index (χ1v) is 5.70. The molecule has 2 atom stereocenters. The quantitative estimate of drug-likeness (QED) is 0.814. The third-order valence-corrected chi connectivity index (χ3v) is 3.24. The summed E-state index contributed by atoms with van der Waals surface area (Å²) >= 11 is 0. The van der Waals surface area contributed by atoms with Crippen molar-refractivity contribution in [3.8, 4) is 0 Å². The summed E-state index contributed by atoms with van der Waals surface area (Å²) in [5, 5.41) is 9.51. The fraction of sp³-hybridized carbons (Fsp3) is 0.538. The van der Waals surface area contributed by atoms with Gasteiger partial charge in [-0.25, -0.2) is 0 Å². The van der Waals surface area contributed by atoms with Crippen LogP contribution >= 0.6 is 0 Å². The van der Waals surface area contributed by atoms with E-state index >= 15 is 0 Å². The highest BCUT2D eigenvalue weighted by molar-refractivity contribution is 5.14. The maximum absolute atomic E-state index is 9.51. The highest BCUT2D eigenvalue weighted by atomic mass is 16.3. The van der Waals surface area contributed by atoms with Crippen LogP contribution in [-0.4, -0.2) is 29.2 Å². The van der Waals surface area contributed by atoms with Gasteiger partial charge >= 0.3 is 0 Å². The van der Waals surface area contributed by atoms with Crippen LogP contribution in [0.15, 0.2) is 30.3 Å². The van der Waals surface area contributed by atoms with Crippen LogP contribution in [-0.2, 0) is 6.54 Å². The average molecular weight is 205 g/mol. The van der Waals surface area contributed by atoms with Crippen LogP contribution in [0.3, 0.4) is 0 Å². The van der Waals surface area contributed by atoms with E-state index in [1.807, 2.05) is 13.0 Å². The molecule has 0 bridgehead atoms. The molecule has 15 heavy (non-hydrogen) atoms. The van der Waals surface area contributed by atoms with E-state index in [1.165, 1.54) is 5.56 Å². The van der Waals surface area contributed by atoms with Gasteiger partial charge in [0.15, 0.2) is 0 Å². The molecule has 1 aliphatic rings. The van der Waals surface area contributed by atoms with E-state index in [0.29, 0.717) is 5.92 Å². The molecule has 0 amide bonds. The van der Waals surface area contributed by atoms with Crippen molar-refractivity contribution in [3.05, 3.63) is 35.9 Å². The van der Waals surface area contributed by atoms with Crippen LogP contribution in [0.4, 0.5) is 0 Å². The van der Waals surface area contributed by atoms with Crippen molar-refractivity contribution in [2.75, 3.05) is 13.1 Å². The minimum absolute atomic E-state index is 0.161. The fourth-order valence-corrected chi connectivity index (χ4v) is 2.24. The second kappa shape index (κ2) is 4.77. The van der Waals surface area contributed by atoms with Gasteiger partial charge in [-0.1, -0.05) is 30.3 Å². The zero-order valence-corrected chi connectivity index (χ0v) is 9.26. The lowest BCUT2D eigenvalue weighted by Crippen LogP contribution is -2.23. The normalized spacial score (nSPS) is 24.3. The van der Waals surface area contributed by atoms with Crippen molar-refractivity contribution in [1.82, 2.24) is 4.90 Å². The van der Waals surface area contributed by atoms with Crippen molar-refractivity contribution in [1.29, 1.82) is 0 Å². The molecule has 82 valence electrons. The summed E-state index contributed by atoms with van der Waals surface area (Å²) in [5.41, 5.74) is 1.36. The Balaban J connectivity index is 1.88. The molecule has 1 saturated heterocycles. The number of likely N-dealkylation sites (tertiary alicyclic amines) is 1. The number of nitrogens with zero attached hydrogens (tertiary/aromatic N) is 1. The molecule has 0 radical (unpaired) electrons. The first-order chi connectivity index (χ1) is 7.25. The Morgan fingerprint density at radius 1 is 1.40 bits per heavy atom. The molecule has 2 nitrogen and oxygen atoms in total. The Hall–Kier alpha value is -0.860. The van der Waals surface area contributed by atoms with Gasteiger partial charge in [-0.2, -0.15) is 0 Å². The lowest BCUT2D eigenvalue weighted by Gasteiger charge is -2.17. The van der Waals surface area contributed by atoms with Crippen LogP contribution in [0.1, 0.15) is 18.9 Å². The molecule has 0 aliphatic carbocycles. The van der Waals surface area contributed by atoms with E-state index in [2.05, 4.69) is 29.2 Å². The van der Waals surface area contributed by atoms with Crippen LogP contribution in [0.2, 0.25) is 0 Å². The Morgan fingerprint density at radius 3 is 2.73 bits per heavy atom. The molecule has 0 saturated carbocycles. The van der Waals surface area contributed by atoms with E-state index in [4.69, 9.17) is 0 Å². The van der Waals surface area contributed by atoms with E-state index in [0.717, 1.165) is 26.1 Å². The molecule has 2 heteroatoms. The first kappa shape index (κ1) is 10.7. The third-order valence-electron chi connectivity index (χ3n) is 3.24. The summed E-state index contributed by atoms with van der Waals surface area (Å²) in [6.45, 7) is 5.07. The highest BCUT2D eigenvalue weighted by Crippen LogP contribution is 2.21. The van der Waals surface area contributed by atoms with E-state index in [9.17, 15) is 5.11 Å². The predicted molar refractivity (Wildman–Crippen MR) is 61.5 cm³/mol. The SMILES string of the molecule is CC(O)[C@H]1CCN(Cc2ccccc2)C1. The highest BCUT2D eigenvalue weighted by Gasteiger charge is 2.25. The largest absolute Gasteiger partial charge is 0.393 e.